The van der Waals surface area contributed by atoms with Crippen molar-refractivity contribution < 1.29 is 0 Å². The number of rotatable bonds is 9. The van der Waals surface area contributed by atoms with Gasteiger partial charge in [0.2, 0.25) is 0 Å². The molecule has 0 amide bonds. The summed E-state index contributed by atoms with van der Waals surface area (Å²) in [4.78, 5) is 3.06. The molecule has 0 spiro atoms. The van der Waals surface area contributed by atoms with E-state index in [1.54, 1.807) is 4.91 Å². The van der Waals surface area contributed by atoms with Crippen molar-refractivity contribution in [3.05, 3.63) is 41.3 Å². The predicted octanol–water partition coefficient (Wildman–Crippen LogP) is 11.1. The van der Waals surface area contributed by atoms with E-state index in [0.717, 1.165) is 23.7 Å². The molecule has 0 N–H and O–H groups in total. The molecular weight excluding hydrogens is 440 g/mol. The van der Waals surface area contributed by atoms with E-state index in [9.17, 15) is 0 Å². The third-order valence-electron chi connectivity index (χ3n) is 12.0. The Hall–Kier alpha value is -0.690. The van der Waals surface area contributed by atoms with E-state index in [1.807, 2.05) is 11.8 Å². The van der Waals surface area contributed by atoms with Crippen molar-refractivity contribution in [1.29, 1.82) is 0 Å². The second-order valence-corrected chi connectivity index (χ2v) is 14.9. The SMILES string of the molecule is CCCCCCCC[C@H]1CC[C@H]2[C@]3(C)CC[C@H]4CC(Sc5ccccc5)=CC[C@]4(C)[C@H]3CC[C@]12C. The lowest BCUT2D eigenvalue weighted by Crippen LogP contribution is -2.57. The maximum Gasteiger partial charge on any atom is 0.0118 e. The molecule has 5 rings (SSSR count). The molecule has 0 unspecified atom stereocenters. The van der Waals surface area contributed by atoms with Crippen LogP contribution in [0.25, 0.3) is 0 Å². The summed E-state index contributed by atoms with van der Waals surface area (Å²) in [6, 6.07) is 11.1. The standard InChI is InChI=1S/C34H52S/c1-5-6-7-8-9-11-14-26-17-18-30-32(26,2)24-21-31-33(3)23-20-29(35-28-15-12-10-13-16-28)25-27(33)19-22-34(30,31)4/h10,12-13,15-16,20,26-27,30-31H,5-9,11,14,17-19,21-25H2,1-4H3/t26-,27-,30+,31+,32+,33-,34-/m0/s1. The summed E-state index contributed by atoms with van der Waals surface area (Å²) < 4.78 is 0. The lowest BCUT2D eigenvalue weighted by atomic mass is 9.40. The molecule has 0 saturated heterocycles. The molecule has 0 aliphatic heterocycles. The molecule has 3 saturated carbocycles. The summed E-state index contributed by atoms with van der Waals surface area (Å²) in [6.07, 6.45) is 24.5. The zero-order chi connectivity index (χ0) is 24.5. The Balaban J connectivity index is 1.25. The van der Waals surface area contributed by atoms with Crippen molar-refractivity contribution in [2.75, 3.05) is 0 Å². The number of hydrogen-bond donors (Lipinski definition) is 0. The Kier molecular flexibility index (Phi) is 7.85. The van der Waals surface area contributed by atoms with Crippen LogP contribution in [0.4, 0.5) is 0 Å². The van der Waals surface area contributed by atoms with Crippen LogP contribution in [0.1, 0.15) is 124 Å². The minimum absolute atomic E-state index is 0.520. The summed E-state index contributed by atoms with van der Waals surface area (Å²) in [5.74, 6) is 3.79. The van der Waals surface area contributed by atoms with Gasteiger partial charge in [0.25, 0.3) is 0 Å². The van der Waals surface area contributed by atoms with Crippen molar-refractivity contribution in [2.45, 2.75) is 129 Å². The van der Waals surface area contributed by atoms with Crippen LogP contribution in [-0.4, -0.2) is 0 Å². The average Bonchev–Trinajstić information content (AvgIpc) is 3.19. The smallest absolute Gasteiger partial charge is 0.0118 e. The van der Waals surface area contributed by atoms with Crippen LogP contribution in [0.3, 0.4) is 0 Å². The summed E-state index contributed by atoms with van der Waals surface area (Å²) in [7, 11) is 0. The van der Waals surface area contributed by atoms with Gasteiger partial charge in [-0.2, -0.15) is 0 Å². The molecule has 35 heavy (non-hydrogen) atoms. The lowest BCUT2D eigenvalue weighted by Gasteiger charge is -2.65. The van der Waals surface area contributed by atoms with E-state index in [-0.39, 0.29) is 0 Å². The Labute approximate surface area is 221 Å². The van der Waals surface area contributed by atoms with Gasteiger partial charge in [0.1, 0.15) is 0 Å². The maximum atomic E-state index is 2.77. The molecule has 194 valence electrons. The summed E-state index contributed by atoms with van der Waals surface area (Å²) in [5.41, 5.74) is 1.72. The quantitative estimate of drug-likeness (QED) is 0.309. The summed E-state index contributed by atoms with van der Waals surface area (Å²) >= 11 is 2.04. The molecule has 0 nitrogen and oxygen atoms in total. The van der Waals surface area contributed by atoms with Crippen molar-refractivity contribution in [1.82, 2.24) is 0 Å². The van der Waals surface area contributed by atoms with Crippen molar-refractivity contribution in [3.8, 4) is 0 Å². The first-order valence-electron chi connectivity index (χ1n) is 15.3. The van der Waals surface area contributed by atoms with Gasteiger partial charge < -0.3 is 0 Å². The highest BCUT2D eigenvalue weighted by atomic mass is 32.2. The second kappa shape index (κ2) is 10.6. The van der Waals surface area contributed by atoms with Gasteiger partial charge in [-0.1, -0.05) is 102 Å². The van der Waals surface area contributed by atoms with Crippen LogP contribution in [0.5, 0.6) is 0 Å². The fourth-order valence-electron chi connectivity index (χ4n) is 10.0. The molecule has 7 atom stereocenters. The highest BCUT2D eigenvalue weighted by molar-refractivity contribution is 8.03. The molecular formula is C34H52S. The fraction of sp³-hybridized carbons (Fsp3) is 0.765. The zero-order valence-corrected chi connectivity index (χ0v) is 24.1. The molecule has 3 fully saturated rings. The van der Waals surface area contributed by atoms with E-state index < -0.39 is 0 Å². The first-order valence-corrected chi connectivity index (χ1v) is 16.1. The lowest BCUT2D eigenvalue weighted by molar-refractivity contribution is -0.154. The van der Waals surface area contributed by atoms with Crippen LogP contribution in [-0.2, 0) is 0 Å². The number of thioether (sulfide) groups is 1. The van der Waals surface area contributed by atoms with E-state index >= 15 is 0 Å². The van der Waals surface area contributed by atoms with Crippen molar-refractivity contribution >= 4 is 11.8 Å². The van der Waals surface area contributed by atoms with E-state index in [1.165, 1.54) is 101 Å². The monoisotopic (exact) mass is 492 g/mol. The van der Waals surface area contributed by atoms with E-state index in [0.29, 0.717) is 16.2 Å². The van der Waals surface area contributed by atoms with Gasteiger partial charge in [0.15, 0.2) is 0 Å². The van der Waals surface area contributed by atoms with Crippen LogP contribution in [0, 0.1) is 39.9 Å². The molecule has 4 aliphatic carbocycles. The first kappa shape index (κ1) is 25.9. The topological polar surface area (TPSA) is 0 Å². The minimum atomic E-state index is 0.520. The normalized spacial score (nSPS) is 40.5. The van der Waals surface area contributed by atoms with Crippen molar-refractivity contribution in [2.24, 2.45) is 39.9 Å². The highest BCUT2D eigenvalue weighted by Crippen LogP contribution is 2.72. The first-order chi connectivity index (χ1) is 16.9. The summed E-state index contributed by atoms with van der Waals surface area (Å²) in [5, 5.41) is 0. The second-order valence-electron chi connectivity index (χ2n) is 13.7. The van der Waals surface area contributed by atoms with Gasteiger partial charge in [-0.3, -0.25) is 0 Å². The molecule has 1 aromatic carbocycles. The fourth-order valence-corrected chi connectivity index (χ4v) is 11.1. The van der Waals surface area contributed by atoms with Crippen LogP contribution < -0.4 is 0 Å². The van der Waals surface area contributed by atoms with Gasteiger partial charge in [-0.05, 0) is 115 Å². The molecule has 4 aliphatic rings. The maximum absolute atomic E-state index is 2.77. The third-order valence-corrected chi connectivity index (χ3v) is 13.1. The molecule has 1 aromatic rings. The van der Waals surface area contributed by atoms with Gasteiger partial charge in [0, 0.05) is 4.90 Å². The number of allylic oxidation sites excluding steroid dienone is 2. The largest absolute Gasteiger partial charge is 0.0949 e. The predicted molar refractivity (Wildman–Crippen MR) is 154 cm³/mol. The Morgan fingerprint density at radius 3 is 2.29 bits per heavy atom. The Bertz CT molecular complexity index is 872. The van der Waals surface area contributed by atoms with E-state index in [2.05, 4.69) is 64.1 Å². The number of benzene rings is 1. The number of unbranched alkanes of at least 4 members (excludes halogenated alkanes) is 5. The van der Waals surface area contributed by atoms with Gasteiger partial charge in [-0.25, -0.2) is 0 Å². The van der Waals surface area contributed by atoms with Gasteiger partial charge in [-0.15, -0.1) is 0 Å². The Morgan fingerprint density at radius 1 is 0.771 bits per heavy atom. The van der Waals surface area contributed by atoms with Gasteiger partial charge >= 0.3 is 0 Å². The molecule has 0 aromatic heterocycles. The number of fused-ring (bicyclic) bond motifs is 5. The zero-order valence-electron chi connectivity index (χ0n) is 23.3. The average molecular weight is 493 g/mol. The molecule has 0 radical (unpaired) electrons. The van der Waals surface area contributed by atoms with Crippen LogP contribution in [0.15, 0.2) is 46.2 Å². The van der Waals surface area contributed by atoms with Crippen molar-refractivity contribution in [3.63, 3.8) is 0 Å². The third kappa shape index (κ3) is 4.82. The molecule has 0 bridgehead atoms. The number of hydrogen-bond acceptors (Lipinski definition) is 1. The Morgan fingerprint density at radius 2 is 1.49 bits per heavy atom. The molecule has 0 heterocycles. The summed E-state index contributed by atoms with van der Waals surface area (Å²) in [6.45, 7) is 10.6. The van der Waals surface area contributed by atoms with Gasteiger partial charge in [0.05, 0.1) is 0 Å². The molecule has 1 heteroatoms. The van der Waals surface area contributed by atoms with Crippen LogP contribution >= 0.6 is 11.8 Å². The van der Waals surface area contributed by atoms with E-state index in [4.69, 9.17) is 0 Å². The minimum Gasteiger partial charge on any atom is -0.0949 e. The van der Waals surface area contributed by atoms with Crippen LogP contribution in [0.2, 0.25) is 0 Å². The highest BCUT2D eigenvalue weighted by Gasteiger charge is 2.64.